The van der Waals surface area contributed by atoms with Crippen LogP contribution in [0.4, 0.5) is 0 Å². The molecule has 1 aromatic heterocycles. The zero-order valence-electron chi connectivity index (χ0n) is 24.3. The average molecular weight is 563 g/mol. The molecule has 206 valence electrons. The van der Waals surface area contributed by atoms with Crippen molar-refractivity contribution in [2.45, 2.75) is 19.6 Å². The Bertz CT molecular complexity index is 2380. The molecule has 1 aliphatic heterocycles. The number of imidazole rings is 1. The van der Waals surface area contributed by atoms with E-state index in [9.17, 15) is 0 Å². The van der Waals surface area contributed by atoms with E-state index in [1.54, 1.807) is 0 Å². The molecule has 2 heterocycles. The van der Waals surface area contributed by atoms with Gasteiger partial charge < -0.3 is 0 Å². The monoisotopic (exact) mass is 562 g/mol. The van der Waals surface area contributed by atoms with Crippen molar-refractivity contribution in [3.05, 3.63) is 149 Å². The van der Waals surface area contributed by atoms with Crippen LogP contribution in [0.5, 0.6) is 0 Å². The Labute approximate surface area is 254 Å². The summed E-state index contributed by atoms with van der Waals surface area (Å²) in [7, 11) is 0. The molecule has 0 saturated carbocycles. The van der Waals surface area contributed by atoms with Gasteiger partial charge in [0.2, 0.25) is 0 Å². The maximum absolute atomic E-state index is 5.71. The maximum atomic E-state index is 5.71. The Morgan fingerprint density at radius 2 is 1.02 bits per heavy atom. The normalized spacial score (nSPS) is 15.0. The molecule has 0 unspecified atom stereocenters. The SMILES string of the molecule is Cc1ccc(-c2nc3c(n2C2(c4ccc(C)cc4)N=C4C(=N2)c2cccc5cccc4c25)-c2cccc4cccc-3c24)cc1. The van der Waals surface area contributed by atoms with Crippen molar-refractivity contribution in [1.82, 2.24) is 9.55 Å². The van der Waals surface area contributed by atoms with Gasteiger partial charge in [-0.2, -0.15) is 0 Å². The standard InChI is InChI=1S/C40H26N4/c1-23-15-19-27(20-16-23)39-41-37-31-13-5-9-26-10-6-14-32(34(26)31)38(37)44(39)40(28-21-17-24(2)18-22-28)42-35-29-11-3-7-25-8-4-12-30(33(25)29)36(35)43-40/h3-22H,1-2H3. The van der Waals surface area contributed by atoms with Crippen LogP contribution in [0.25, 0.3) is 55.4 Å². The Morgan fingerprint density at radius 3 is 1.61 bits per heavy atom. The van der Waals surface area contributed by atoms with Gasteiger partial charge in [0.25, 0.3) is 5.79 Å². The van der Waals surface area contributed by atoms with Crippen molar-refractivity contribution < 1.29 is 0 Å². The molecule has 0 amide bonds. The molecule has 0 bridgehead atoms. The van der Waals surface area contributed by atoms with Gasteiger partial charge in [-0.3, -0.25) is 4.57 Å². The van der Waals surface area contributed by atoms with Gasteiger partial charge in [-0.25, -0.2) is 15.0 Å². The fraction of sp³-hybridized carbons (Fsp3) is 0.0750. The lowest BCUT2D eigenvalue weighted by atomic mass is 10.0. The summed E-state index contributed by atoms with van der Waals surface area (Å²) in [6, 6.07) is 43.4. The fourth-order valence-electron chi connectivity index (χ4n) is 7.48. The first-order valence-corrected chi connectivity index (χ1v) is 15.1. The van der Waals surface area contributed by atoms with Gasteiger partial charge >= 0.3 is 0 Å². The van der Waals surface area contributed by atoms with Gasteiger partial charge in [0, 0.05) is 44.2 Å². The first-order chi connectivity index (χ1) is 21.6. The molecular formula is C40H26N4. The summed E-state index contributed by atoms with van der Waals surface area (Å²) < 4.78 is 2.33. The lowest BCUT2D eigenvalue weighted by molar-refractivity contribution is 0.409. The van der Waals surface area contributed by atoms with Crippen LogP contribution >= 0.6 is 0 Å². The van der Waals surface area contributed by atoms with Gasteiger partial charge in [-0.1, -0.05) is 132 Å². The van der Waals surface area contributed by atoms with E-state index < -0.39 is 5.79 Å². The molecule has 44 heavy (non-hydrogen) atoms. The number of hydrogen-bond donors (Lipinski definition) is 0. The van der Waals surface area contributed by atoms with E-state index >= 15 is 0 Å². The van der Waals surface area contributed by atoms with E-state index in [-0.39, 0.29) is 0 Å². The summed E-state index contributed by atoms with van der Waals surface area (Å²) in [4.78, 5) is 16.9. The van der Waals surface area contributed by atoms with Crippen LogP contribution in [-0.4, -0.2) is 21.0 Å². The maximum Gasteiger partial charge on any atom is 0.261 e. The van der Waals surface area contributed by atoms with Crippen LogP contribution < -0.4 is 0 Å². The first kappa shape index (κ1) is 23.9. The van der Waals surface area contributed by atoms with Crippen molar-refractivity contribution in [2.24, 2.45) is 9.98 Å². The molecule has 0 saturated heterocycles. The molecule has 3 aliphatic rings. The third kappa shape index (κ3) is 2.95. The summed E-state index contributed by atoms with van der Waals surface area (Å²) in [6.07, 6.45) is 0. The number of aromatic nitrogens is 2. The number of rotatable bonds is 3. The molecule has 10 rings (SSSR count). The first-order valence-electron chi connectivity index (χ1n) is 15.1. The lowest BCUT2D eigenvalue weighted by Crippen LogP contribution is -2.31. The number of hydrogen-bond acceptors (Lipinski definition) is 3. The molecule has 6 aromatic carbocycles. The average Bonchev–Trinajstić information content (AvgIpc) is 3.79. The topological polar surface area (TPSA) is 42.5 Å². The van der Waals surface area contributed by atoms with E-state index in [4.69, 9.17) is 15.0 Å². The second-order valence-electron chi connectivity index (χ2n) is 12.2. The predicted octanol–water partition coefficient (Wildman–Crippen LogP) is 9.08. The lowest BCUT2D eigenvalue weighted by Gasteiger charge is -2.30. The van der Waals surface area contributed by atoms with Crippen molar-refractivity contribution in [3.63, 3.8) is 0 Å². The zero-order chi connectivity index (χ0) is 29.2. The predicted molar refractivity (Wildman–Crippen MR) is 180 cm³/mol. The van der Waals surface area contributed by atoms with Crippen molar-refractivity contribution in [3.8, 4) is 33.9 Å². The quantitative estimate of drug-likeness (QED) is 0.212. The van der Waals surface area contributed by atoms with Gasteiger partial charge in [-0.05, 0) is 24.6 Å². The molecule has 4 nitrogen and oxygen atoms in total. The minimum atomic E-state index is -1.08. The van der Waals surface area contributed by atoms with Crippen molar-refractivity contribution in [1.29, 1.82) is 0 Å². The molecule has 0 radical (unpaired) electrons. The van der Waals surface area contributed by atoms with E-state index in [0.717, 1.165) is 56.5 Å². The van der Waals surface area contributed by atoms with Gasteiger partial charge in [0.1, 0.15) is 5.82 Å². The van der Waals surface area contributed by atoms with E-state index in [0.29, 0.717) is 0 Å². The summed E-state index contributed by atoms with van der Waals surface area (Å²) in [6.45, 7) is 4.24. The largest absolute Gasteiger partial charge is 0.275 e. The van der Waals surface area contributed by atoms with Gasteiger partial charge in [0.05, 0.1) is 22.8 Å². The second-order valence-corrected chi connectivity index (χ2v) is 12.2. The van der Waals surface area contributed by atoms with Crippen LogP contribution in [-0.2, 0) is 5.79 Å². The third-order valence-corrected chi connectivity index (χ3v) is 9.53. The smallest absolute Gasteiger partial charge is 0.261 e. The Morgan fingerprint density at radius 1 is 0.523 bits per heavy atom. The number of benzene rings is 6. The summed E-state index contributed by atoms with van der Waals surface area (Å²) in [5, 5.41) is 4.90. The van der Waals surface area contributed by atoms with E-state index in [1.165, 1.54) is 38.2 Å². The summed E-state index contributed by atoms with van der Waals surface area (Å²) in [5.41, 5.74) is 13.0. The fourth-order valence-corrected chi connectivity index (χ4v) is 7.48. The van der Waals surface area contributed by atoms with Gasteiger partial charge in [0.15, 0.2) is 0 Å². The van der Waals surface area contributed by atoms with Crippen LogP contribution in [0, 0.1) is 13.8 Å². The highest BCUT2D eigenvalue weighted by Crippen LogP contribution is 2.53. The Kier molecular flexibility index (Phi) is 4.49. The molecule has 0 spiro atoms. The van der Waals surface area contributed by atoms with Crippen molar-refractivity contribution >= 4 is 33.0 Å². The van der Waals surface area contributed by atoms with Crippen molar-refractivity contribution in [2.75, 3.05) is 0 Å². The zero-order valence-corrected chi connectivity index (χ0v) is 24.3. The number of aryl methyl sites for hydroxylation is 2. The van der Waals surface area contributed by atoms with Crippen LogP contribution in [0.2, 0.25) is 0 Å². The highest BCUT2D eigenvalue weighted by molar-refractivity contribution is 6.61. The number of nitrogens with zero attached hydrogens (tertiary/aromatic N) is 4. The molecule has 2 aliphatic carbocycles. The van der Waals surface area contributed by atoms with E-state index in [1.807, 2.05) is 0 Å². The Balaban J connectivity index is 1.36. The molecule has 0 atom stereocenters. The molecule has 0 fully saturated rings. The molecule has 7 aromatic rings. The highest BCUT2D eigenvalue weighted by atomic mass is 15.4. The summed E-state index contributed by atoms with van der Waals surface area (Å²) in [5.74, 6) is -0.221. The second kappa shape index (κ2) is 8.27. The van der Waals surface area contributed by atoms with Crippen LogP contribution in [0.3, 0.4) is 0 Å². The third-order valence-electron chi connectivity index (χ3n) is 9.53. The summed E-state index contributed by atoms with van der Waals surface area (Å²) >= 11 is 0. The molecule has 4 heteroatoms. The Hall–Kier alpha value is -5.61. The number of fused-ring (bicyclic) bond motifs is 6. The van der Waals surface area contributed by atoms with Crippen LogP contribution in [0.15, 0.2) is 131 Å². The van der Waals surface area contributed by atoms with E-state index in [2.05, 4.69) is 140 Å². The highest BCUT2D eigenvalue weighted by Gasteiger charge is 2.48. The number of aliphatic imine (C=N–C) groups is 2. The minimum Gasteiger partial charge on any atom is -0.275 e. The van der Waals surface area contributed by atoms with Crippen LogP contribution in [0.1, 0.15) is 27.8 Å². The molecular weight excluding hydrogens is 536 g/mol. The molecule has 0 N–H and O–H groups in total. The minimum absolute atomic E-state index is 0.863. The van der Waals surface area contributed by atoms with Gasteiger partial charge in [-0.15, -0.1) is 0 Å².